The zero-order valence-electron chi connectivity index (χ0n) is 7.00. The second-order valence-corrected chi connectivity index (χ2v) is 3.95. The van der Waals surface area contributed by atoms with Crippen LogP contribution in [0.25, 0.3) is 11.3 Å². The van der Waals surface area contributed by atoms with E-state index in [9.17, 15) is 0 Å². The molecule has 0 bridgehead atoms. The number of benzene rings is 1. The van der Waals surface area contributed by atoms with Gasteiger partial charge in [0.15, 0.2) is 0 Å². The highest BCUT2D eigenvalue weighted by molar-refractivity contribution is 9.10. The monoisotopic (exact) mass is 272 g/mol. The van der Waals surface area contributed by atoms with E-state index >= 15 is 0 Å². The van der Waals surface area contributed by atoms with Crippen molar-refractivity contribution in [1.29, 1.82) is 0 Å². The van der Waals surface area contributed by atoms with Gasteiger partial charge in [0.1, 0.15) is 5.69 Å². The minimum Gasteiger partial charge on any atom is -0.368 e. The SMILES string of the molecule is Nc1cc(-c2cccc(Br)c2Cl)no1. The van der Waals surface area contributed by atoms with E-state index in [1.807, 2.05) is 18.2 Å². The van der Waals surface area contributed by atoms with Crippen LogP contribution in [0.5, 0.6) is 0 Å². The summed E-state index contributed by atoms with van der Waals surface area (Å²) in [4.78, 5) is 0. The zero-order chi connectivity index (χ0) is 10.1. The van der Waals surface area contributed by atoms with E-state index in [2.05, 4.69) is 21.1 Å². The lowest BCUT2D eigenvalue weighted by Gasteiger charge is -2.00. The van der Waals surface area contributed by atoms with Gasteiger partial charge in [-0.1, -0.05) is 28.9 Å². The van der Waals surface area contributed by atoms with Crippen molar-refractivity contribution in [1.82, 2.24) is 5.16 Å². The second-order valence-electron chi connectivity index (χ2n) is 2.72. The third-order valence-electron chi connectivity index (χ3n) is 1.76. The van der Waals surface area contributed by atoms with Gasteiger partial charge in [-0.2, -0.15) is 0 Å². The normalized spacial score (nSPS) is 10.4. The van der Waals surface area contributed by atoms with E-state index in [1.54, 1.807) is 6.07 Å². The predicted octanol–water partition coefficient (Wildman–Crippen LogP) is 3.34. The van der Waals surface area contributed by atoms with Gasteiger partial charge < -0.3 is 10.3 Å². The molecule has 0 atom stereocenters. The molecule has 3 nitrogen and oxygen atoms in total. The van der Waals surface area contributed by atoms with E-state index < -0.39 is 0 Å². The fourth-order valence-corrected chi connectivity index (χ4v) is 1.71. The molecule has 1 aromatic heterocycles. The van der Waals surface area contributed by atoms with E-state index in [-0.39, 0.29) is 5.88 Å². The van der Waals surface area contributed by atoms with E-state index in [0.29, 0.717) is 10.7 Å². The molecule has 0 radical (unpaired) electrons. The van der Waals surface area contributed by atoms with Crippen molar-refractivity contribution >= 4 is 33.4 Å². The van der Waals surface area contributed by atoms with Crippen LogP contribution >= 0.6 is 27.5 Å². The molecule has 1 heterocycles. The van der Waals surface area contributed by atoms with Crippen molar-refractivity contribution in [2.45, 2.75) is 0 Å². The summed E-state index contributed by atoms with van der Waals surface area (Å²) in [6.45, 7) is 0. The van der Waals surface area contributed by atoms with Gasteiger partial charge in [-0.15, -0.1) is 0 Å². The Morgan fingerprint density at radius 1 is 1.43 bits per heavy atom. The van der Waals surface area contributed by atoms with Crippen LogP contribution in [-0.2, 0) is 0 Å². The number of hydrogen-bond acceptors (Lipinski definition) is 3. The molecule has 0 unspecified atom stereocenters. The van der Waals surface area contributed by atoms with Crippen molar-refractivity contribution in [2.75, 3.05) is 5.73 Å². The van der Waals surface area contributed by atoms with Crippen LogP contribution in [0.15, 0.2) is 33.3 Å². The molecule has 0 saturated carbocycles. The first-order valence-corrected chi connectivity index (χ1v) is 5.02. The van der Waals surface area contributed by atoms with Crippen LogP contribution in [0.3, 0.4) is 0 Å². The van der Waals surface area contributed by atoms with Crippen LogP contribution < -0.4 is 5.73 Å². The molecule has 14 heavy (non-hydrogen) atoms. The van der Waals surface area contributed by atoms with Gasteiger partial charge in [-0.3, -0.25) is 0 Å². The third kappa shape index (κ3) is 1.63. The smallest absolute Gasteiger partial charge is 0.222 e. The standard InChI is InChI=1S/C9H6BrClN2O/c10-6-3-1-2-5(9(6)11)7-4-8(12)14-13-7/h1-4H,12H2. The summed E-state index contributed by atoms with van der Waals surface area (Å²) >= 11 is 9.40. The molecule has 2 rings (SSSR count). The number of aromatic nitrogens is 1. The van der Waals surface area contributed by atoms with Gasteiger partial charge in [0.2, 0.25) is 5.88 Å². The Morgan fingerprint density at radius 3 is 2.86 bits per heavy atom. The Balaban J connectivity index is 2.57. The summed E-state index contributed by atoms with van der Waals surface area (Å²) in [6, 6.07) is 7.21. The fourth-order valence-electron chi connectivity index (χ4n) is 1.12. The number of hydrogen-bond donors (Lipinski definition) is 1. The molecule has 0 saturated heterocycles. The van der Waals surface area contributed by atoms with Crippen molar-refractivity contribution in [2.24, 2.45) is 0 Å². The summed E-state index contributed by atoms with van der Waals surface area (Å²) in [6.07, 6.45) is 0. The first-order valence-electron chi connectivity index (χ1n) is 3.85. The quantitative estimate of drug-likeness (QED) is 0.867. The second kappa shape index (κ2) is 3.63. The highest BCUT2D eigenvalue weighted by Crippen LogP contribution is 2.33. The summed E-state index contributed by atoms with van der Waals surface area (Å²) < 4.78 is 5.59. The lowest BCUT2D eigenvalue weighted by atomic mass is 10.1. The average molecular weight is 274 g/mol. The largest absolute Gasteiger partial charge is 0.368 e. The van der Waals surface area contributed by atoms with Gasteiger partial charge in [0.05, 0.1) is 5.02 Å². The number of nitrogens with two attached hydrogens (primary N) is 1. The molecule has 0 aliphatic heterocycles. The number of nitrogen functional groups attached to an aromatic ring is 1. The van der Waals surface area contributed by atoms with E-state index in [1.165, 1.54) is 0 Å². The van der Waals surface area contributed by atoms with Gasteiger partial charge in [-0.05, 0) is 22.0 Å². The molecule has 0 fully saturated rings. The maximum absolute atomic E-state index is 6.07. The highest BCUT2D eigenvalue weighted by atomic mass is 79.9. The predicted molar refractivity (Wildman–Crippen MR) is 59.1 cm³/mol. The maximum Gasteiger partial charge on any atom is 0.222 e. The van der Waals surface area contributed by atoms with Crippen LogP contribution in [0.2, 0.25) is 5.02 Å². The van der Waals surface area contributed by atoms with E-state index in [0.717, 1.165) is 10.0 Å². The Labute approximate surface area is 94.0 Å². The number of halogens is 2. The Bertz CT molecular complexity index is 470. The van der Waals surface area contributed by atoms with Crippen molar-refractivity contribution in [3.8, 4) is 11.3 Å². The van der Waals surface area contributed by atoms with Crippen LogP contribution in [0.1, 0.15) is 0 Å². The maximum atomic E-state index is 6.07. The first kappa shape index (κ1) is 9.55. The molecule has 0 spiro atoms. The lowest BCUT2D eigenvalue weighted by Crippen LogP contribution is -1.80. The van der Waals surface area contributed by atoms with Crippen LogP contribution in [-0.4, -0.2) is 5.16 Å². The Hall–Kier alpha value is -1.00. The topological polar surface area (TPSA) is 52.0 Å². The van der Waals surface area contributed by atoms with E-state index in [4.69, 9.17) is 21.9 Å². The Morgan fingerprint density at radius 2 is 2.21 bits per heavy atom. The fraction of sp³-hybridized carbons (Fsp3) is 0. The molecule has 1 aromatic carbocycles. The van der Waals surface area contributed by atoms with Crippen molar-refractivity contribution in [3.05, 3.63) is 33.8 Å². The molecule has 0 amide bonds. The first-order chi connectivity index (χ1) is 6.68. The number of nitrogens with zero attached hydrogens (tertiary/aromatic N) is 1. The van der Waals surface area contributed by atoms with Crippen LogP contribution in [0.4, 0.5) is 5.88 Å². The van der Waals surface area contributed by atoms with Gasteiger partial charge in [0.25, 0.3) is 0 Å². The minimum absolute atomic E-state index is 0.274. The van der Waals surface area contributed by atoms with Crippen molar-refractivity contribution < 1.29 is 4.52 Å². The summed E-state index contributed by atoms with van der Waals surface area (Å²) in [5.74, 6) is 0.274. The molecular weight excluding hydrogens is 267 g/mol. The third-order valence-corrected chi connectivity index (χ3v) is 3.05. The molecule has 72 valence electrons. The number of rotatable bonds is 1. The summed E-state index contributed by atoms with van der Waals surface area (Å²) in [5.41, 5.74) is 6.85. The molecule has 0 aliphatic carbocycles. The lowest BCUT2D eigenvalue weighted by molar-refractivity contribution is 0.439. The van der Waals surface area contributed by atoms with Crippen LogP contribution in [0, 0.1) is 0 Å². The molecule has 2 N–H and O–H groups in total. The number of anilines is 1. The van der Waals surface area contributed by atoms with Gasteiger partial charge in [0, 0.05) is 16.1 Å². The molecular formula is C9H6BrClN2O. The molecule has 0 aliphatic rings. The molecule has 2 aromatic rings. The van der Waals surface area contributed by atoms with Gasteiger partial charge in [-0.25, -0.2) is 0 Å². The minimum atomic E-state index is 0.274. The molecule has 5 heteroatoms. The van der Waals surface area contributed by atoms with Gasteiger partial charge >= 0.3 is 0 Å². The van der Waals surface area contributed by atoms with Crippen molar-refractivity contribution in [3.63, 3.8) is 0 Å². The summed E-state index contributed by atoms with van der Waals surface area (Å²) in [7, 11) is 0. The average Bonchev–Trinajstić information content (AvgIpc) is 2.57. The zero-order valence-corrected chi connectivity index (χ0v) is 9.34. The highest BCUT2D eigenvalue weighted by Gasteiger charge is 2.09. The Kier molecular flexibility index (Phi) is 2.48. The summed E-state index contributed by atoms with van der Waals surface area (Å²) in [5, 5.41) is 4.38.